The number of aromatic nitrogens is 3. The highest BCUT2D eigenvalue weighted by Gasteiger charge is 2.16. The zero-order valence-corrected chi connectivity index (χ0v) is 20.7. The minimum Gasteiger partial charge on any atom is -0.355 e. The molecule has 2 N–H and O–H groups in total. The van der Waals surface area contributed by atoms with Gasteiger partial charge in [-0.25, -0.2) is 4.39 Å². The summed E-state index contributed by atoms with van der Waals surface area (Å²) in [5, 5.41) is 15.2. The third-order valence-electron chi connectivity index (χ3n) is 5.01. The van der Waals surface area contributed by atoms with Crippen LogP contribution in [-0.2, 0) is 13.0 Å². The van der Waals surface area contributed by atoms with Crippen LogP contribution in [-0.4, -0.2) is 45.6 Å². The van der Waals surface area contributed by atoms with E-state index in [0.717, 1.165) is 54.9 Å². The Labute approximate surface area is 199 Å². The van der Waals surface area contributed by atoms with Crippen molar-refractivity contribution in [2.45, 2.75) is 62.9 Å². The zero-order valence-electron chi connectivity index (χ0n) is 17.5. The van der Waals surface area contributed by atoms with Gasteiger partial charge in [0.1, 0.15) is 18.0 Å². The molecule has 6 nitrogen and oxygen atoms in total. The Balaban J connectivity index is 0.00000320. The molecule has 1 aliphatic carbocycles. The van der Waals surface area contributed by atoms with Crippen molar-refractivity contribution in [3.63, 3.8) is 0 Å². The lowest BCUT2D eigenvalue weighted by Gasteiger charge is -2.18. The van der Waals surface area contributed by atoms with Crippen molar-refractivity contribution < 1.29 is 4.39 Å². The average molecular weight is 546 g/mol. The monoisotopic (exact) mass is 546 g/mol. The maximum Gasteiger partial charge on any atom is 0.191 e. The van der Waals surface area contributed by atoms with Crippen LogP contribution in [0.4, 0.5) is 4.39 Å². The van der Waals surface area contributed by atoms with Crippen LogP contribution in [0.1, 0.15) is 44.9 Å². The molecule has 0 spiro atoms. The maximum absolute atomic E-state index is 13.0. The van der Waals surface area contributed by atoms with Gasteiger partial charge in [-0.2, -0.15) is 0 Å². The Hall–Kier alpha value is -1.36. The molecule has 0 aliphatic heterocycles. The normalized spacial score (nSPS) is 14.5. The van der Waals surface area contributed by atoms with Crippen LogP contribution in [0.25, 0.3) is 0 Å². The van der Waals surface area contributed by atoms with Crippen LogP contribution >= 0.6 is 35.7 Å². The molecule has 1 fully saturated rings. The number of halogens is 2. The van der Waals surface area contributed by atoms with E-state index in [1.165, 1.54) is 37.8 Å². The predicted molar refractivity (Wildman–Crippen MR) is 132 cm³/mol. The SMILES string of the molecule is CCc1nncn1CCNC(=NCCCSc1ccc(F)cc1)NC1CCCC1.I. The molecule has 0 amide bonds. The van der Waals surface area contributed by atoms with Crippen LogP contribution < -0.4 is 10.6 Å². The van der Waals surface area contributed by atoms with Gasteiger partial charge in [-0.3, -0.25) is 4.99 Å². The summed E-state index contributed by atoms with van der Waals surface area (Å²) in [6, 6.07) is 7.19. The van der Waals surface area contributed by atoms with Crippen molar-refractivity contribution in [2.75, 3.05) is 18.8 Å². The average Bonchev–Trinajstić information content (AvgIpc) is 3.40. The number of thioether (sulfide) groups is 1. The molecule has 2 aromatic rings. The van der Waals surface area contributed by atoms with E-state index < -0.39 is 0 Å². The van der Waals surface area contributed by atoms with Gasteiger partial charge in [-0.05, 0) is 49.3 Å². The van der Waals surface area contributed by atoms with Gasteiger partial charge in [0.25, 0.3) is 0 Å². The van der Waals surface area contributed by atoms with Gasteiger partial charge in [0.15, 0.2) is 5.96 Å². The Morgan fingerprint density at radius 3 is 2.77 bits per heavy atom. The van der Waals surface area contributed by atoms with Gasteiger partial charge >= 0.3 is 0 Å². The third-order valence-corrected chi connectivity index (χ3v) is 6.11. The summed E-state index contributed by atoms with van der Waals surface area (Å²) in [6.07, 6.45) is 8.66. The van der Waals surface area contributed by atoms with Gasteiger partial charge in [-0.15, -0.1) is 45.9 Å². The number of nitrogens with zero attached hydrogens (tertiary/aromatic N) is 4. The van der Waals surface area contributed by atoms with Crippen LogP contribution in [0, 0.1) is 5.82 Å². The highest BCUT2D eigenvalue weighted by molar-refractivity contribution is 14.0. The largest absolute Gasteiger partial charge is 0.355 e. The van der Waals surface area contributed by atoms with Gasteiger partial charge in [-0.1, -0.05) is 19.8 Å². The second-order valence-corrected chi connectivity index (χ2v) is 8.40. The predicted octanol–water partition coefficient (Wildman–Crippen LogP) is 4.26. The van der Waals surface area contributed by atoms with Crippen molar-refractivity contribution in [3.05, 3.63) is 42.2 Å². The molecule has 0 saturated heterocycles. The van der Waals surface area contributed by atoms with Gasteiger partial charge in [0.05, 0.1) is 0 Å². The molecule has 0 radical (unpaired) electrons. The number of aryl methyl sites for hydroxylation is 1. The lowest BCUT2D eigenvalue weighted by molar-refractivity contribution is 0.592. The molecule has 1 saturated carbocycles. The summed E-state index contributed by atoms with van der Waals surface area (Å²) in [7, 11) is 0. The summed E-state index contributed by atoms with van der Waals surface area (Å²) in [4.78, 5) is 5.87. The number of rotatable bonds is 10. The zero-order chi connectivity index (χ0) is 20.3. The second-order valence-electron chi connectivity index (χ2n) is 7.23. The molecular weight excluding hydrogens is 514 g/mol. The molecule has 0 bridgehead atoms. The van der Waals surface area contributed by atoms with E-state index in [1.54, 1.807) is 18.1 Å². The quantitative estimate of drug-likeness (QED) is 0.153. The summed E-state index contributed by atoms with van der Waals surface area (Å²) >= 11 is 1.74. The highest BCUT2D eigenvalue weighted by Crippen LogP contribution is 2.19. The Morgan fingerprint density at radius 2 is 2.03 bits per heavy atom. The number of guanidine groups is 1. The van der Waals surface area contributed by atoms with E-state index in [1.807, 2.05) is 12.1 Å². The Morgan fingerprint density at radius 1 is 1.27 bits per heavy atom. The van der Waals surface area contributed by atoms with Crippen LogP contribution in [0.5, 0.6) is 0 Å². The smallest absolute Gasteiger partial charge is 0.191 e. The maximum atomic E-state index is 13.0. The van der Waals surface area contributed by atoms with Gasteiger partial charge in [0, 0.05) is 37.0 Å². The molecule has 1 aromatic carbocycles. The summed E-state index contributed by atoms with van der Waals surface area (Å²) < 4.78 is 15.1. The topological polar surface area (TPSA) is 67.1 Å². The number of hydrogen-bond acceptors (Lipinski definition) is 4. The highest BCUT2D eigenvalue weighted by atomic mass is 127. The Bertz CT molecular complexity index is 761. The fraction of sp³-hybridized carbons (Fsp3) is 0.571. The van der Waals surface area contributed by atoms with Crippen LogP contribution in [0.15, 0.2) is 40.5 Å². The van der Waals surface area contributed by atoms with E-state index in [4.69, 9.17) is 4.99 Å². The Kier molecular flexibility index (Phi) is 11.5. The minimum absolute atomic E-state index is 0. The molecule has 0 unspecified atom stereocenters. The molecule has 1 aromatic heterocycles. The summed E-state index contributed by atoms with van der Waals surface area (Å²) in [5.74, 6) is 2.68. The molecular formula is C21H32FIN6S. The van der Waals surface area contributed by atoms with E-state index in [9.17, 15) is 4.39 Å². The van der Waals surface area contributed by atoms with E-state index in [0.29, 0.717) is 6.04 Å². The fourth-order valence-corrected chi connectivity index (χ4v) is 4.26. The molecule has 1 aliphatic rings. The van der Waals surface area contributed by atoms with Gasteiger partial charge in [0.2, 0.25) is 0 Å². The minimum atomic E-state index is -0.190. The summed E-state index contributed by atoms with van der Waals surface area (Å²) in [6.45, 7) is 4.46. The lowest BCUT2D eigenvalue weighted by atomic mass is 10.2. The first kappa shape index (κ1) is 24.9. The van der Waals surface area contributed by atoms with Crippen molar-refractivity contribution >= 4 is 41.7 Å². The molecule has 0 atom stereocenters. The number of benzene rings is 1. The van der Waals surface area contributed by atoms with E-state index >= 15 is 0 Å². The van der Waals surface area contributed by atoms with Crippen LogP contribution in [0.3, 0.4) is 0 Å². The standard InChI is InChI=1S/C21H31FN6S.HI/c1-2-20-27-25-16-28(20)14-13-24-21(26-18-6-3-4-7-18)23-12-5-15-29-19-10-8-17(22)9-11-19;/h8-11,16,18H,2-7,12-15H2,1H3,(H2,23,24,26);1H. The van der Waals surface area contributed by atoms with Crippen molar-refractivity contribution in [3.8, 4) is 0 Å². The molecule has 1 heterocycles. The molecule has 3 rings (SSSR count). The number of nitrogens with one attached hydrogen (secondary N) is 2. The lowest BCUT2D eigenvalue weighted by Crippen LogP contribution is -2.43. The number of aliphatic imine (C=N–C) groups is 1. The second kappa shape index (κ2) is 13.8. The first-order chi connectivity index (χ1) is 14.2. The molecule has 9 heteroatoms. The summed E-state index contributed by atoms with van der Waals surface area (Å²) in [5.41, 5.74) is 0. The fourth-order valence-electron chi connectivity index (χ4n) is 3.43. The van der Waals surface area contributed by atoms with Gasteiger partial charge < -0.3 is 15.2 Å². The first-order valence-corrected chi connectivity index (χ1v) is 11.5. The first-order valence-electron chi connectivity index (χ1n) is 10.5. The van der Waals surface area contributed by atoms with Crippen LogP contribution in [0.2, 0.25) is 0 Å². The number of hydrogen-bond donors (Lipinski definition) is 2. The third kappa shape index (κ3) is 8.41. The van der Waals surface area contributed by atoms with Crippen molar-refractivity contribution in [1.82, 2.24) is 25.4 Å². The molecule has 166 valence electrons. The van der Waals surface area contributed by atoms with Crippen molar-refractivity contribution in [1.29, 1.82) is 0 Å². The van der Waals surface area contributed by atoms with Crippen molar-refractivity contribution in [2.24, 2.45) is 4.99 Å². The molecule has 30 heavy (non-hydrogen) atoms. The van der Waals surface area contributed by atoms with E-state index in [2.05, 4.69) is 32.3 Å². The van der Waals surface area contributed by atoms with E-state index in [-0.39, 0.29) is 29.8 Å².